The zero-order valence-electron chi connectivity index (χ0n) is 42.0. The molecule has 0 saturated carbocycles. The molecule has 0 spiro atoms. The molecule has 10 aromatic rings. The minimum atomic E-state index is -0.262. The number of nitrogens with one attached hydrogen (secondary N) is 1. The molecule has 0 bridgehead atoms. The largest absolute Gasteiger partial charge is 0.355 e. The zero-order valence-corrected chi connectivity index (χ0v) is 42.0. The van der Waals surface area contributed by atoms with Gasteiger partial charge in [0.05, 0.1) is 0 Å². The van der Waals surface area contributed by atoms with Gasteiger partial charge in [0.15, 0.2) is 7.28 Å². The number of benzene rings is 10. The normalized spacial score (nSPS) is 13.1. The van der Waals surface area contributed by atoms with Crippen molar-refractivity contribution >= 4 is 63.7 Å². The van der Waals surface area contributed by atoms with E-state index in [4.69, 9.17) is 0 Å². The number of para-hydroxylation sites is 2. The van der Waals surface area contributed by atoms with E-state index in [0.29, 0.717) is 0 Å². The molecule has 4 heteroatoms. The lowest BCUT2D eigenvalue weighted by atomic mass is 9.56. The smallest absolute Gasteiger partial charge is 0.198 e. The minimum Gasteiger partial charge on any atom is -0.355 e. The van der Waals surface area contributed by atoms with E-state index >= 15 is 0 Å². The number of fused-ring (bicyclic) bond motifs is 6. The van der Waals surface area contributed by atoms with Crippen molar-refractivity contribution in [2.24, 2.45) is 0 Å². The zero-order chi connectivity index (χ0) is 49.1. The molecule has 1 aliphatic heterocycles. The first-order valence-electron chi connectivity index (χ1n) is 25.4. The Kier molecular flexibility index (Phi) is 11.1. The van der Waals surface area contributed by atoms with E-state index in [9.17, 15) is 0 Å². The van der Waals surface area contributed by atoms with E-state index in [-0.39, 0.29) is 10.8 Å². The van der Waals surface area contributed by atoms with Crippen LogP contribution < -0.4 is 26.0 Å². The summed E-state index contributed by atoms with van der Waals surface area (Å²) in [7, 11) is 0.763. The fraction of sp³-hybridized carbons (Fsp3) is 0.118. The summed E-state index contributed by atoms with van der Waals surface area (Å²) in [4.78, 5) is 4.99. The molecule has 0 saturated heterocycles. The molecule has 1 N–H and O–H groups in total. The molecule has 72 heavy (non-hydrogen) atoms. The molecule has 1 aliphatic carbocycles. The summed E-state index contributed by atoms with van der Waals surface area (Å²) in [6.07, 6.45) is 0. The van der Waals surface area contributed by atoms with Crippen LogP contribution in [0.4, 0.5) is 45.5 Å². The fourth-order valence-electron chi connectivity index (χ4n) is 11.4. The average molecular weight is 928 g/mol. The van der Waals surface area contributed by atoms with Crippen molar-refractivity contribution in [2.75, 3.05) is 15.1 Å². The molecule has 0 atom stereocenters. The number of hydrogen-bond donors (Lipinski definition) is 1. The van der Waals surface area contributed by atoms with E-state index in [2.05, 4.69) is 287 Å². The number of rotatable bonds is 9. The molecular formula is C68H58BN3. The first-order valence-corrected chi connectivity index (χ1v) is 25.4. The van der Waals surface area contributed by atoms with E-state index < -0.39 is 0 Å². The van der Waals surface area contributed by atoms with Crippen LogP contribution in [-0.2, 0) is 10.8 Å². The number of hydrogen-bond acceptors (Lipinski definition) is 3. The van der Waals surface area contributed by atoms with Crippen LogP contribution in [0.15, 0.2) is 231 Å². The van der Waals surface area contributed by atoms with Gasteiger partial charge in [-0.3, -0.25) is 0 Å². The molecule has 3 nitrogen and oxygen atoms in total. The van der Waals surface area contributed by atoms with Crippen LogP contribution in [0.1, 0.15) is 56.9 Å². The van der Waals surface area contributed by atoms with Crippen LogP contribution in [0.2, 0.25) is 0 Å². The van der Waals surface area contributed by atoms with Gasteiger partial charge in [-0.25, -0.2) is 0 Å². The highest BCUT2D eigenvalue weighted by Crippen LogP contribution is 2.56. The van der Waals surface area contributed by atoms with Crippen LogP contribution in [-0.4, -0.2) is 7.28 Å². The van der Waals surface area contributed by atoms with E-state index in [1.54, 1.807) is 0 Å². The predicted octanol–water partition coefficient (Wildman–Crippen LogP) is 17.0. The third kappa shape index (κ3) is 7.88. The van der Waals surface area contributed by atoms with Gasteiger partial charge in [0.25, 0.3) is 0 Å². The molecule has 0 unspecified atom stereocenters. The van der Waals surface area contributed by atoms with Crippen LogP contribution in [0.3, 0.4) is 0 Å². The maximum Gasteiger partial charge on any atom is 0.198 e. The van der Waals surface area contributed by atoms with Crippen molar-refractivity contribution in [2.45, 2.75) is 52.4 Å². The summed E-state index contributed by atoms with van der Waals surface area (Å²) in [5.41, 5.74) is 26.5. The second-order valence-electron chi connectivity index (χ2n) is 21.1. The highest BCUT2D eigenvalue weighted by Gasteiger charge is 2.42. The summed E-state index contributed by atoms with van der Waals surface area (Å²) < 4.78 is 0. The SMILES string of the molecule is Cc1cc(C(C)(C)C)ccc1N1c2ccc(-c3ccccc3)cc2Bc2c(-c3ccc(N(c4ccccc4)c4ccccc4)cc3Nc3ccc(-c4ccccc4)cc3)cc3c(c21)-c1ccccc1C3(C)C. The molecule has 0 radical (unpaired) electrons. The van der Waals surface area contributed by atoms with Gasteiger partial charge in [0, 0.05) is 62.0 Å². The third-order valence-corrected chi connectivity index (χ3v) is 15.1. The molecule has 0 fully saturated rings. The van der Waals surface area contributed by atoms with Gasteiger partial charge < -0.3 is 15.1 Å². The lowest BCUT2D eigenvalue weighted by Gasteiger charge is -2.38. The first kappa shape index (κ1) is 44.8. The summed E-state index contributed by atoms with van der Waals surface area (Å²) >= 11 is 0. The minimum absolute atomic E-state index is 0.0109. The topological polar surface area (TPSA) is 18.5 Å². The Morgan fingerprint density at radius 2 is 1.04 bits per heavy atom. The van der Waals surface area contributed by atoms with Crippen LogP contribution in [0.25, 0.3) is 44.5 Å². The molecule has 0 aromatic heterocycles. The van der Waals surface area contributed by atoms with Crippen molar-refractivity contribution in [3.8, 4) is 44.5 Å². The number of nitrogens with zero attached hydrogens (tertiary/aromatic N) is 2. The Bertz CT molecular complexity index is 3590. The quantitative estimate of drug-likeness (QED) is 0.146. The monoisotopic (exact) mass is 927 g/mol. The first-order chi connectivity index (χ1) is 35.0. The van der Waals surface area contributed by atoms with Crippen molar-refractivity contribution in [1.29, 1.82) is 0 Å². The molecule has 10 aromatic carbocycles. The Morgan fingerprint density at radius 3 is 1.68 bits per heavy atom. The maximum atomic E-state index is 4.04. The lowest BCUT2D eigenvalue weighted by molar-refractivity contribution is 0.590. The van der Waals surface area contributed by atoms with E-state index in [0.717, 1.165) is 41.3 Å². The van der Waals surface area contributed by atoms with Gasteiger partial charge in [-0.05, 0) is 140 Å². The van der Waals surface area contributed by atoms with Crippen molar-refractivity contribution in [1.82, 2.24) is 0 Å². The highest BCUT2D eigenvalue weighted by atomic mass is 15.2. The molecule has 0 amide bonds. The Labute approximate surface area is 426 Å². The average Bonchev–Trinajstić information content (AvgIpc) is 3.64. The van der Waals surface area contributed by atoms with Gasteiger partial charge in [-0.1, -0.05) is 204 Å². The predicted molar refractivity (Wildman–Crippen MR) is 309 cm³/mol. The van der Waals surface area contributed by atoms with Gasteiger partial charge in [0.2, 0.25) is 0 Å². The van der Waals surface area contributed by atoms with Gasteiger partial charge >= 0.3 is 0 Å². The molecule has 2 aliphatic rings. The molecular weight excluding hydrogens is 870 g/mol. The molecule has 12 rings (SSSR count). The van der Waals surface area contributed by atoms with Gasteiger partial charge in [-0.2, -0.15) is 0 Å². The summed E-state index contributed by atoms with van der Waals surface area (Å²) in [6, 6.07) is 84.8. The molecule has 1 heterocycles. The second-order valence-corrected chi connectivity index (χ2v) is 21.1. The lowest BCUT2D eigenvalue weighted by Crippen LogP contribution is -2.42. The highest BCUT2D eigenvalue weighted by molar-refractivity contribution is 6.73. The van der Waals surface area contributed by atoms with Crippen molar-refractivity contribution in [3.63, 3.8) is 0 Å². The fourth-order valence-corrected chi connectivity index (χ4v) is 11.4. The van der Waals surface area contributed by atoms with E-state index in [1.165, 1.54) is 89.2 Å². The van der Waals surface area contributed by atoms with Gasteiger partial charge in [-0.15, -0.1) is 0 Å². The number of anilines is 8. The van der Waals surface area contributed by atoms with Crippen LogP contribution in [0.5, 0.6) is 0 Å². The Balaban J connectivity index is 1.14. The maximum absolute atomic E-state index is 4.04. The second kappa shape index (κ2) is 17.8. The summed E-state index contributed by atoms with van der Waals surface area (Å²) in [5, 5.41) is 4.04. The Hall–Kier alpha value is -8.34. The third-order valence-electron chi connectivity index (χ3n) is 15.1. The van der Waals surface area contributed by atoms with Crippen LogP contribution in [0, 0.1) is 6.92 Å². The van der Waals surface area contributed by atoms with Crippen molar-refractivity contribution < 1.29 is 0 Å². The van der Waals surface area contributed by atoms with Gasteiger partial charge in [0.1, 0.15) is 0 Å². The molecule has 348 valence electrons. The standard InChI is InChI=1S/C68H58BN3/c1-45-41-50(67(2,3)4)34-40-62(45)72-63-39-33-49(47-23-13-8-14-24-47)42-60(63)69-65-57(44-59-64(66(65)72)56-29-19-20-30-58(56)68(59,5)6)55-38-37-54(71(52-25-15-9-16-26-52)53-27-17-10-18-28-53)43-61(55)70-51-35-31-48(32-36-51)46-21-11-7-12-22-46/h7-44,69-70H,1-6H3. The van der Waals surface area contributed by atoms with E-state index in [1.807, 2.05) is 0 Å². The van der Waals surface area contributed by atoms with Crippen molar-refractivity contribution in [3.05, 3.63) is 253 Å². The van der Waals surface area contributed by atoms with Crippen LogP contribution >= 0.6 is 0 Å². The summed E-state index contributed by atoms with van der Waals surface area (Å²) in [5.74, 6) is 0. The number of aryl methyl sites for hydroxylation is 1. The summed E-state index contributed by atoms with van der Waals surface area (Å²) in [6.45, 7) is 14.1. The Morgan fingerprint density at radius 1 is 0.472 bits per heavy atom.